The predicted octanol–water partition coefficient (Wildman–Crippen LogP) is 5.49. The van der Waals surface area contributed by atoms with Crippen LogP contribution in [0.5, 0.6) is 0 Å². The average molecular weight is 419 g/mol. The van der Waals surface area contributed by atoms with Crippen molar-refractivity contribution in [3.8, 4) is 0 Å². The van der Waals surface area contributed by atoms with Crippen molar-refractivity contribution in [3.05, 3.63) is 70.8 Å². The number of ether oxygens (including phenoxy) is 2. The molecule has 29 heavy (non-hydrogen) atoms. The van der Waals surface area contributed by atoms with Crippen LogP contribution in [0.15, 0.2) is 48.5 Å². The summed E-state index contributed by atoms with van der Waals surface area (Å²) >= 11 is 0. The number of rotatable bonds is 4. The van der Waals surface area contributed by atoms with E-state index in [1.165, 1.54) is 6.92 Å². The number of alkyl halides is 6. The molecule has 0 radical (unpaired) electrons. The smallest absolute Gasteiger partial charge is 0.349 e. The van der Waals surface area contributed by atoms with E-state index in [-0.39, 0.29) is 11.6 Å². The van der Waals surface area contributed by atoms with Crippen LogP contribution >= 0.6 is 0 Å². The molecule has 1 aliphatic rings. The molecule has 0 aromatic heterocycles. The van der Waals surface area contributed by atoms with E-state index in [0.717, 1.165) is 5.56 Å². The zero-order valence-electron chi connectivity index (χ0n) is 15.3. The van der Waals surface area contributed by atoms with Crippen LogP contribution in [0.4, 0.5) is 26.3 Å². The van der Waals surface area contributed by atoms with Crippen LogP contribution in [-0.4, -0.2) is 19.4 Å². The Hall–Kier alpha value is -2.10. The van der Waals surface area contributed by atoms with Crippen molar-refractivity contribution in [2.75, 3.05) is 13.2 Å². The van der Waals surface area contributed by atoms with Crippen molar-refractivity contribution in [3.63, 3.8) is 0 Å². The minimum Gasteiger partial charge on any atom is -0.349 e. The molecule has 1 heterocycles. The standard InChI is InChI=1S/C20H19F6NO2/c1-12(14-9-15(19(21,22)23)11-16(10-14)20(24,25)26)29-18-17(27-7-8-28-18)13-5-3-2-4-6-13/h2-6,9-12,17-18,27H,7-8H2,1H3/t12-,17?,18?/m1/s1. The summed E-state index contributed by atoms with van der Waals surface area (Å²) in [6.45, 7) is 2.24. The molecule has 3 atom stereocenters. The molecule has 0 saturated carbocycles. The minimum atomic E-state index is -4.91. The molecule has 3 rings (SSSR count). The lowest BCUT2D eigenvalue weighted by Crippen LogP contribution is -2.43. The van der Waals surface area contributed by atoms with E-state index in [2.05, 4.69) is 5.32 Å². The van der Waals surface area contributed by atoms with Gasteiger partial charge < -0.3 is 14.8 Å². The summed E-state index contributed by atoms with van der Waals surface area (Å²) in [5, 5.41) is 3.20. The zero-order chi connectivity index (χ0) is 21.2. The summed E-state index contributed by atoms with van der Waals surface area (Å²) in [7, 11) is 0. The lowest BCUT2D eigenvalue weighted by molar-refractivity contribution is -0.200. The van der Waals surface area contributed by atoms with Gasteiger partial charge in [0.15, 0.2) is 6.29 Å². The van der Waals surface area contributed by atoms with Crippen molar-refractivity contribution >= 4 is 0 Å². The van der Waals surface area contributed by atoms with E-state index in [0.29, 0.717) is 25.3 Å². The van der Waals surface area contributed by atoms with Gasteiger partial charge in [-0.2, -0.15) is 26.3 Å². The maximum atomic E-state index is 13.1. The number of morpholine rings is 1. The van der Waals surface area contributed by atoms with Crippen LogP contribution in [0.25, 0.3) is 0 Å². The molecule has 0 bridgehead atoms. The first-order chi connectivity index (χ1) is 13.6. The quantitative estimate of drug-likeness (QED) is 0.665. The van der Waals surface area contributed by atoms with E-state index >= 15 is 0 Å². The third-order valence-corrected chi connectivity index (χ3v) is 4.60. The summed E-state index contributed by atoms with van der Waals surface area (Å²) in [4.78, 5) is 0. The summed E-state index contributed by atoms with van der Waals surface area (Å²) < 4.78 is 90.0. The second-order valence-corrected chi connectivity index (χ2v) is 6.70. The Morgan fingerprint density at radius 3 is 2.10 bits per heavy atom. The lowest BCUT2D eigenvalue weighted by Gasteiger charge is -2.34. The van der Waals surface area contributed by atoms with Gasteiger partial charge in [-0.15, -0.1) is 0 Å². The van der Waals surface area contributed by atoms with Gasteiger partial charge in [0, 0.05) is 6.54 Å². The maximum Gasteiger partial charge on any atom is 0.416 e. The molecular weight excluding hydrogens is 400 g/mol. The first kappa shape index (κ1) is 21.6. The Kier molecular flexibility index (Phi) is 6.21. The highest BCUT2D eigenvalue weighted by Crippen LogP contribution is 2.38. The van der Waals surface area contributed by atoms with E-state index in [9.17, 15) is 26.3 Å². The van der Waals surface area contributed by atoms with Gasteiger partial charge in [-0.25, -0.2) is 0 Å². The molecule has 1 N–H and O–H groups in total. The Balaban J connectivity index is 1.88. The van der Waals surface area contributed by atoms with Crippen LogP contribution in [0.1, 0.15) is 41.3 Å². The summed E-state index contributed by atoms with van der Waals surface area (Å²) in [6.07, 6.45) is -11.8. The van der Waals surface area contributed by atoms with Crippen molar-refractivity contribution in [2.45, 2.75) is 37.7 Å². The number of benzene rings is 2. The number of nitrogens with one attached hydrogen (secondary N) is 1. The van der Waals surface area contributed by atoms with E-state index in [1.54, 1.807) is 0 Å². The van der Waals surface area contributed by atoms with Gasteiger partial charge in [-0.1, -0.05) is 30.3 Å². The monoisotopic (exact) mass is 419 g/mol. The number of halogens is 6. The van der Waals surface area contributed by atoms with Gasteiger partial charge in [-0.3, -0.25) is 0 Å². The Morgan fingerprint density at radius 2 is 1.55 bits per heavy atom. The van der Waals surface area contributed by atoms with Gasteiger partial charge >= 0.3 is 12.4 Å². The molecule has 3 nitrogen and oxygen atoms in total. The molecule has 0 spiro atoms. The van der Waals surface area contributed by atoms with Crippen LogP contribution < -0.4 is 5.32 Å². The topological polar surface area (TPSA) is 30.5 Å². The minimum absolute atomic E-state index is 0.0989. The number of hydrogen-bond donors (Lipinski definition) is 1. The molecule has 1 saturated heterocycles. The van der Waals surface area contributed by atoms with Crippen LogP contribution in [0.3, 0.4) is 0 Å². The van der Waals surface area contributed by atoms with Gasteiger partial charge in [-0.05, 0) is 36.2 Å². The van der Waals surface area contributed by atoms with Crippen LogP contribution in [0, 0.1) is 0 Å². The molecule has 0 amide bonds. The third-order valence-electron chi connectivity index (χ3n) is 4.60. The van der Waals surface area contributed by atoms with Crippen molar-refractivity contribution in [1.82, 2.24) is 5.32 Å². The van der Waals surface area contributed by atoms with Crippen molar-refractivity contribution in [1.29, 1.82) is 0 Å². The fraction of sp³-hybridized carbons (Fsp3) is 0.400. The largest absolute Gasteiger partial charge is 0.416 e. The van der Waals surface area contributed by atoms with E-state index in [4.69, 9.17) is 9.47 Å². The van der Waals surface area contributed by atoms with Crippen molar-refractivity contribution in [2.24, 2.45) is 0 Å². The molecule has 2 unspecified atom stereocenters. The fourth-order valence-electron chi connectivity index (χ4n) is 3.13. The van der Waals surface area contributed by atoms with Crippen LogP contribution in [-0.2, 0) is 21.8 Å². The Labute approximate surface area is 163 Å². The molecular formula is C20H19F6NO2. The fourth-order valence-corrected chi connectivity index (χ4v) is 3.13. The van der Waals surface area contributed by atoms with E-state index < -0.39 is 41.9 Å². The average Bonchev–Trinajstić information content (AvgIpc) is 2.67. The first-order valence-corrected chi connectivity index (χ1v) is 8.90. The predicted molar refractivity (Wildman–Crippen MR) is 92.9 cm³/mol. The normalized spacial score (nSPS) is 21.8. The third kappa shape index (κ3) is 5.29. The Morgan fingerprint density at radius 1 is 0.966 bits per heavy atom. The van der Waals surface area contributed by atoms with E-state index in [1.807, 2.05) is 30.3 Å². The van der Waals surface area contributed by atoms with Gasteiger partial charge in [0.05, 0.1) is 29.9 Å². The molecule has 9 heteroatoms. The number of hydrogen-bond acceptors (Lipinski definition) is 3. The maximum absolute atomic E-state index is 13.1. The molecule has 2 aromatic rings. The van der Waals surface area contributed by atoms with Crippen molar-refractivity contribution < 1.29 is 35.8 Å². The summed E-state index contributed by atoms with van der Waals surface area (Å²) in [6, 6.07) is 10.2. The SMILES string of the molecule is C[C@@H](OC1OCCNC1c1ccccc1)c1cc(C(F)(F)F)cc(C(F)(F)F)c1. The molecule has 2 aromatic carbocycles. The highest BCUT2D eigenvalue weighted by Gasteiger charge is 2.38. The highest BCUT2D eigenvalue weighted by molar-refractivity contribution is 5.34. The zero-order valence-corrected chi connectivity index (χ0v) is 15.3. The van der Waals surface area contributed by atoms with Gasteiger partial charge in [0.1, 0.15) is 0 Å². The molecule has 158 valence electrons. The summed E-state index contributed by atoms with van der Waals surface area (Å²) in [5.41, 5.74) is -2.14. The molecule has 1 fully saturated rings. The highest BCUT2D eigenvalue weighted by atomic mass is 19.4. The Bertz CT molecular complexity index is 790. The van der Waals surface area contributed by atoms with Gasteiger partial charge in [0.25, 0.3) is 0 Å². The molecule has 0 aliphatic carbocycles. The summed E-state index contributed by atoms with van der Waals surface area (Å²) in [5.74, 6) is 0. The first-order valence-electron chi connectivity index (χ1n) is 8.90. The molecule has 1 aliphatic heterocycles. The lowest BCUT2D eigenvalue weighted by atomic mass is 10.0. The van der Waals surface area contributed by atoms with Gasteiger partial charge in [0.2, 0.25) is 0 Å². The second-order valence-electron chi connectivity index (χ2n) is 6.70. The second kappa shape index (κ2) is 8.33. The van der Waals surface area contributed by atoms with Crippen LogP contribution in [0.2, 0.25) is 0 Å².